The molecule has 2 aromatic rings. The normalized spacial score (nSPS) is 10.7. The zero-order valence-electron chi connectivity index (χ0n) is 7.88. The molecule has 0 amide bonds. The lowest BCUT2D eigenvalue weighted by atomic mass is 10.2. The van der Waals surface area contributed by atoms with E-state index in [1.165, 1.54) is 0 Å². The molecule has 1 aromatic heterocycles. The van der Waals surface area contributed by atoms with Crippen LogP contribution in [-0.4, -0.2) is 9.97 Å². The zero-order valence-corrected chi connectivity index (χ0v) is 11.1. The van der Waals surface area contributed by atoms with Gasteiger partial charge < -0.3 is 5.43 Å². The van der Waals surface area contributed by atoms with Crippen LogP contribution >= 0.6 is 31.9 Å². The summed E-state index contributed by atoms with van der Waals surface area (Å²) in [4.78, 5) is 8.56. The van der Waals surface area contributed by atoms with Gasteiger partial charge in [0.2, 0.25) is 0 Å². The Balaban J connectivity index is 2.89. The fourth-order valence-corrected chi connectivity index (χ4v) is 2.69. The Labute approximate surface area is 104 Å². The standard InChI is InChI=1S/C9H8Br2N4/c1-4-13-8-6(9(14-4)15-12)2-5(10)3-7(8)11/h2-3H,12H2,1H3,(H,13,14,15). The maximum atomic E-state index is 5.41. The topological polar surface area (TPSA) is 63.8 Å². The average molecular weight is 332 g/mol. The highest BCUT2D eigenvalue weighted by atomic mass is 79.9. The van der Waals surface area contributed by atoms with Gasteiger partial charge in [0, 0.05) is 14.3 Å². The second-order valence-electron chi connectivity index (χ2n) is 3.05. The van der Waals surface area contributed by atoms with E-state index in [1.54, 1.807) is 0 Å². The van der Waals surface area contributed by atoms with Crippen LogP contribution in [0.2, 0.25) is 0 Å². The van der Waals surface area contributed by atoms with Crippen molar-refractivity contribution >= 4 is 48.6 Å². The third kappa shape index (κ3) is 1.97. The van der Waals surface area contributed by atoms with E-state index in [2.05, 4.69) is 47.3 Å². The number of hydrogen-bond acceptors (Lipinski definition) is 4. The van der Waals surface area contributed by atoms with Crippen molar-refractivity contribution < 1.29 is 0 Å². The van der Waals surface area contributed by atoms with Crippen LogP contribution in [-0.2, 0) is 0 Å². The average Bonchev–Trinajstić information content (AvgIpc) is 2.18. The number of hydrazine groups is 1. The Kier molecular flexibility index (Phi) is 2.90. The Morgan fingerprint density at radius 1 is 1.27 bits per heavy atom. The molecule has 0 atom stereocenters. The van der Waals surface area contributed by atoms with Gasteiger partial charge in [-0.2, -0.15) is 0 Å². The number of benzene rings is 1. The molecule has 0 bridgehead atoms. The summed E-state index contributed by atoms with van der Waals surface area (Å²) in [7, 11) is 0. The van der Waals surface area contributed by atoms with Crippen molar-refractivity contribution in [3.05, 3.63) is 26.9 Å². The fraction of sp³-hybridized carbons (Fsp3) is 0.111. The lowest BCUT2D eigenvalue weighted by molar-refractivity contribution is 1.08. The molecule has 0 spiro atoms. The summed E-state index contributed by atoms with van der Waals surface area (Å²) < 4.78 is 1.86. The summed E-state index contributed by atoms with van der Waals surface area (Å²) in [6, 6.07) is 3.86. The summed E-state index contributed by atoms with van der Waals surface area (Å²) >= 11 is 6.87. The number of nitrogens with zero attached hydrogens (tertiary/aromatic N) is 2. The Bertz CT molecular complexity index is 527. The molecule has 78 valence electrons. The largest absolute Gasteiger partial charge is 0.308 e. The minimum absolute atomic E-state index is 0.625. The number of halogens is 2. The van der Waals surface area contributed by atoms with Gasteiger partial charge in [0.25, 0.3) is 0 Å². The highest BCUT2D eigenvalue weighted by Crippen LogP contribution is 2.30. The molecule has 0 saturated heterocycles. The van der Waals surface area contributed by atoms with Gasteiger partial charge >= 0.3 is 0 Å². The molecule has 0 aliphatic heterocycles. The first-order valence-corrected chi connectivity index (χ1v) is 5.80. The van der Waals surface area contributed by atoms with Crippen LogP contribution in [0.5, 0.6) is 0 Å². The van der Waals surface area contributed by atoms with E-state index < -0.39 is 0 Å². The predicted molar refractivity (Wildman–Crippen MR) is 67.5 cm³/mol. The second kappa shape index (κ2) is 4.03. The third-order valence-corrected chi connectivity index (χ3v) is 3.03. The molecule has 3 N–H and O–H groups in total. The monoisotopic (exact) mass is 330 g/mol. The number of fused-ring (bicyclic) bond motifs is 1. The van der Waals surface area contributed by atoms with Gasteiger partial charge in [-0.05, 0) is 35.0 Å². The summed E-state index contributed by atoms with van der Waals surface area (Å²) in [6.45, 7) is 1.83. The van der Waals surface area contributed by atoms with Crippen LogP contribution in [0.4, 0.5) is 5.82 Å². The van der Waals surface area contributed by atoms with Gasteiger partial charge in [-0.15, -0.1) is 0 Å². The first kappa shape index (κ1) is 10.8. The van der Waals surface area contributed by atoms with Crippen LogP contribution in [0.25, 0.3) is 10.9 Å². The molecule has 0 saturated carbocycles. The first-order chi connectivity index (χ1) is 7.11. The van der Waals surface area contributed by atoms with Gasteiger partial charge in [0.1, 0.15) is 5.82 Å². The maximum Gasteiger partial charge on any atom is 0.151 e. The zero-order chi connectivity index (χ0) is 11.0. The highest BCUT2D eigenvalue weighted by molar-refractivity contribution is 9.11. The number of anilines is 1. The fourth-order valence-electron chi connectivity index (χ4n) is 1.38. The van der Waals surface area contributed by atoms with Crippen LogP contribution in [0, 0.1) is 6.92 Å². The van der Waals surface area contributed by atoms with E-state index in [9.17, 15) is 0 Å². The smallest absolute Gasteiger partial charge is 0.151 e. The van der Waals surface area contributed by atoms with Gasteiger partial charge in [0.05, 0.1) is 5.52 Å². The summed E-state index contributed by atoms with van der Waals surface area (Å²) in [5.41, 5.74) is 3.42. The molecule has 0 aliphatic rings. The molecular weight excluding hydrogens is 324 g/mol. The summed E-state index contributed by atoms with van der Waals surface area (Å²) in [5.74, 6) is 6.72. The number of aryl methyl sites for hydroxylation is 1. The minimum Gasteiger partial charge on any atom is -0.308 e. The second-order valence-corrected chi connectivity index (χ2v) is 4.82. The third-order valence-electron chi connectivity index (χ3n) is 1.97. The number of hydrogen-bond donors (Lipinski definition) is 2. The summed E-state index contributed by atoms with van der Waals surface area (Å²) in [6.07, 6.45) is 0. The molecule has 6 heteroatoms. The molecule has 2 rings (SSSR count). The summed E-state index contributed by atoms with van der Waals surface area (Å²) in [5, 5.41) is 0.879. The molecule has 15 heavy (non-hydrogen) atoms. The van der Waals surface area contributed by atoms with Crippen molar-refractivity contribution in [2.75, 3.05) is 5.43 Å². The van der Waals surface area contributed by atoms with E-state index in [4.69, 9.17) is 5.84 Å². The molecule has 0 unspecified atom stereocenters. The van der Waals surface area contributed by atoms with E-state index >= 15 is 0 Å². The Hall–Kier alpha value is -0.720. The van der Waals surface area contributed by atoms with E-state index in [-0.39, 0.29) is 0 Å². The molecule has 4 nitrogen and oxygen atoms in total. The quantitative estimate of drug-likeness (QED) is 0.623. The Morgan fingerprint density at radius 3 is 2.67 bits per heavy atom. The van der Waals surface area contributed by atoms with Gasteiger partial charge in [-0.3, -0.25) is 0 Å². The molecule has 1 aromatic carbocycles. The van der Waals surface area contributed by atoms with E-state index in [1.807, 2.05) is 19.1 Å². The highest BCUT2D eigenvalue weighted by Gasteiger charge is 2.08. The maximum absolute atomic E-state index is 5.41. The number of aromatic nitrogens is 2. The molecule has 0 radical (unpaired) electrons. The van der Waals surface area contributed by atoms with Crippen molar-refractivity contribution in [3.8, 4) is 0 Å². The first-order valence-electron chi connectivity index (χ1n) is 4.22. The van der Waals surface area contributed by atoms with Crippen molar-refractivity contribution in [2.45, 2.75) is 6.92 Å². The van der Waals surface area contributed by atoms with Crippen LogP contribution in [0.15, 0.2) is 21.1 Å². The van der Waals surface area contributed by atoms with Crippen molar-refractivity contribution in [1.82, 2.24) is 9.97 Å². The number of rotatable bonds is 1. The van der Waals surface area contributed by atoms with Crippen LogP contribution in [0.1, 0.15) is 5.82 Å². The van der Waals surface area contributed by atoms with Gasteiger partial charge in [0.15, 0.2) is 5.82 Å². The van der Waals surface area contributed by atoms with E-state index in [0.29, 0.717) is 11.6 Å². The van der Waals surface area contributed by atoms with Crippen molar-refractivity contribution in [2.24, 2.45) is 5.84 Å². The number of nitrogens with one attached hydrogen (secondary N) is 1. The van der Waals surface area contributed by atoms with Crippen LogP contribution < -0.4 is 11.3 Å². The van der Waals surface area contributed by atoms with Crippen LogP contribution in [0.3, 0.4) is 0 Å². The molecule has 1 heterocycles. The van der Waals surface area contributed by atoms with Gasteiger partial charge in [-0.1, -0.05) is 15.9 Å². The number of nitrogen functional groups attached to an aromatic ring is 1. The number of nitrogens with two attached hydrogens (primary N) is 1. The molecular formula is C9H8Br2N4. The molecule has 0 fully saturated rings. The van der Waals surface area contributed by atoms with E-state index in [0.717, 1.165) is 19.8 Å². The Morgan fingerprint density at radius 2 is 2.00 bits per heavy atom. The lowest BCUT2D eigenvalue weighted by Gasteiger charge is -2.07. The van der Waals surface area contributed by atoms with Gasteiger partial charge in [-0.25, -0.2) is 15.8 Å². The SMILES string of the molecule is Cc1nc(NN)c2cc(Br)cc(Br)c2n1. The lowest BCUT2D eigenvalue weighted by Crippen LogP contribution is -2.10. The van der Waals surface area contributed by atoms with Crippen molar-refractivity contribution in [3.63, 3.8) is 0 Å². The minimum atomic E-state index is 0.625. The van der Waals surface area contributed by atoms with Crippen molar-refractivity contribution in [1.29, 1.82) is 0 Å². The predicted octanol–water partition coefficient (Wildman–Crippen LogP) is 2.75. The molecule has 0 aliphatic carbocycles.